The van der Waals surface area contributed by atoms with E-state index in [1.54, 1.807) is 18.6 Å². The van der Waals surface area contributed by atoms with Crippen LogP contribution in [0.15, 0.2) is 36.8 Å². The van der Waals surface area contributed by atoms with Crippen molar-refractivity contribution >= 4 is 0 Å². The van der Waals surface area contributed by atoms with Crippen LogP contribution in [0.3, 0.4) is 0 Å². The van der Waals surface area contributed by atoms with Gasteiger partial charge in [-0.1, -0.05) is 18.2 Å². The van der Waals surface area contributed by atoms with E-state index in [4.69, 9.17) is 0 Å². The molecule has 0 radical (unpaired) electrons. The van der Waals surface area contributed by atoms with Gasteiger partial charge in [-0.3, -0.25) is 9.97 Å². The maximum absolute atomic E-state index is 10.3. The molecule has 0 amide bonds. The first-order valence-corrected chi connectivity index (χ1v) is 5.20. The van der Waals surface area contributed by atoms with Gasteiger partial charge in [-0.05, 0) is 30.5 Å². The highest BCUT2D eigenvalue weighted by molar-refractivity contribution is 5.38. The maximum Gasteiger partial charge on any atom is 0.123 e. The van der Waals surface area contributed by atoms with Crippen LogP contribution >= 0.6 is 0 Å². The van der Waals surface area contributed by atoms with Crippen LogP contribution in [0, 0.1) is 13.8 Å². The molecule has 1 heterocycles. The minimum absolute atomic E-state index is 0.583. The molecule has 82 valence electrons. The lowest BCUT2D eigenvalue weighted by atomic mass is 9.96. The fraction of sp³-hybridized carbons (Fsp3) is 0.231. The van der Waals surface area contributed by atoms with E-state index in [1.807, 2.05) is 32.0 Å². The highest BCUT2D eigenvalue weighted by Gasteiger charge is 2.16. The second-order valence-electron chi connectivity index (χ2n) is 3.84. The van der Waals surface area contributed by atoms with Gasteiger partial charge in [-0.25, -0.2) is 0 Å². The molecule has 0 aliphatic heterocycles. The summed E-state index contributed by atoms with van der Waals surface area (Å²) in [5, 5.41) is 10.3. The first-order chi connectivity index (χ1) is 7.70. The molecule has 0 spiro atoms. The van der Waals surface area contributed by atoms with E-state index in [1.165, 1.54) is 0 Å². The van der Waals surface area contributed by atoms with Crippen LogP contribution in [0.25, 0.3) is 0 Å². The van der Waals surface area contributed by atoms with E-state index in [-0.39, 0.29) is 0 Å². The largest absolute Gasteiger partial charge is 0.382 e. The molecule has 1 N–H and O–H groups in total. The lowest BCUT2D eigenvalue weighted by Gasteiger charge is -2.15. The zero-order valence-corrected chi connectivity index (χ0v) is 9.38. The van der Waals surface area contributed by atoms with Crippen molar-refractivity contribution in [2.24, 2.45) is 0 Å². The Kier molecular flexibility index (Phi) is 2.97. The van der Waals surface area contributed by atoms with Gasteiger partial charge in [0.1, 0.15) is 6.10 Å². The molecular formula is C13H14N2O. The second-order valence-corrected chi connectivity index (χ2v) is 3.84. The Bertz CT molecular complexity index is 462. The van der Waals surface area contributed by atoms with Crippen molar-refractivity contribution in [3.8, 4) is 0 Å². The quantitative estimate of drug-likeness (QED) is 0.833. The van der Waals surface area contributed by atoms with Crippen LogP contribution in [-0.2, 0) is 0 Å². The Balaban J connectivity index is 2.46. The molecule has 0 fully saturated rings. The Labute approximate surface area is 94.8 Å². The summed E-state index contributed by atoms with van der Waals surface area (Å²) in [7, 11) is 0. The molecule has 0 bridgehead atoms. The van der Waals surface area contributed by atoms with Gasteiger partial charge in [0.2, 0.25) is 0 Å². The van der Waals surface area contributed by atoms with E-state index in [2.05, 4.69) is 9.97 Å². The molecule has 3 heteroatoms. The molecule has 1 aromatic carbocycles. The fourth-order valence-corrected chi connectivity index (χ4v) is 1.86. The third-order valence-corrected chi connectivity index (χ3v) is 2.68. The average molecular weight is 214 g/mol. The molecule has 2 aromatic rings. The number of aromatic nitrogens is 2. The molecular weight excluding hydrogens is 200 g/mol. The average Bonchev–Trinajstić information content (AvgIpc) is 2.30. The maximum atomic E-state index is 10.3. The third-order valence-electron chi connectivity index (χ3n) is 2.68. The highest BCUT2D eigenvalue weighted by atomic mass is 16.3. The minimum Gasteiger partial charge on any atom is -0.382 e. The van der Waals surface area contributed by atoms with E-state index in [0.717, 1.165) is 16.7 Å². The van der Waals surface area contributed by atoms with Crippen molar-refractivity contribution in [2.75, 3.05) is 0 Å². The summed E-state index contributed by atoms with van der Waals surface area (Å²) in [5.74, 6) is 0. The summed E-state index contributed by atoms with van der Waals surface area (Å²) in [5.41, 5.74) is 3.64. The van der Waals surface area contributed by atoms with Crippen molar-refractivity contribution in [2.45, 2.75) is 20.0 Å². The first kappa shape index (κ1) is 10.8. The number of rotatable bonds is 2. The molecule has 1 unspecified atom stereocenters. The molecule has 16 heavy (non-hydrogen) atoms. The van der Waals surface area contributed by atoms with Gasteiger partial charge >= 0.3 is 0 Å². The number of hydrogen-bond donors (Lipinski definition) is 1. The van der Waals surface area contributed by atoms with Crippen LogP contribution in [0.2, 0.25) is 0 Å². The van der Waals surface area contributed by atoms with Crippen molar-refractivity contribution in [3.63, 3.8) is 0 Å². The summed E-state index contributed by atoms with van der Waals surface area (Å²) in [6, 6.07) is 5.96. The van der Waals surface area contributed by atoms with Gasteiger partial charge in [-0.15, -0.1) is 0 Å². The Morgan fingerprint density at radius 1 is 1.12 bits per heavy atom. The fourth-order valence-electron chi connectivity index (χ4n) is 1.86. The topological polar surface area (TPSA) is 46.0 Å². The second kappa shape index (κ2) is 4.41. The summed E-state index contributed by atoms with van der Waals surface area (Å²) in [4.78, 5) is 8.09. The predicted octanol–water partition coefficient (Wildman–Crippen LogP) is 2.18. The van der Waals surface area contributed by atoms with Gasteiger partial charge in [0.25, 0.3) is 0 Å². The smallest absolute Gasteiger partial charge is 0.123 e. The number of aliphatic hydroxyl groups excluding tert-OH is 1. The monoisotopic (exact) mass is 214 g/mol. The lowest BCUT2D eigenvalue weighted by Crippen LogP contribution is -2.06. The van der Waals surface area contributed by atoms with Gasteiger partial charge in [0, 0.05) is 12.4 Å². The van der Waals surface area contributed by atoms with Crippen LogP contribution in [0.4, 0.5) is 0 Å². The van der Waals surface area contributed by atoms with Gasteiger partial charge in [0.15, 0.2) is 0 Å². The van der Waals surface area contributed by atoms with Crippen molar-refractivity contribution in [1.82, 2.24) is 9.97 Å². The summed E-state index contributed by atoms with van der Waals surface area (Å²) in [6.07, 6.45) is 4.08. The third kappa shape index (κ3) is 1.95. The van der Waals surface area contributed by atoms with E-state index in [0.29, 0.717) is 5.69 Å². The van der Waals surface area contributed by atoms with Crippen LogP contribution < -0.4 is 0 Å². The standard InChI is InChI=1S/C13H14N2O/c1-9-4-3-5-10(2)12(9)13(16)11-8-14-6-7-15-11/h3-8,13,16H,1-2H3. The normalized spacial score (nSPS) is 12.4. The van der Waals surface area contributed by atoms with Crippen LogP contribution in [-0.4, -0.2) is 15.1 Å². The molecule has 0 aliphatic rings. The van der Waals surface area contributed by atoms with Crippen LogP contribution in [0.1, 0.15) is 28.5 Å². The Hall–Kier alpha value is -1.74. The summed E-state index contributed by atoms with van der Waals surface area (Å²) < 4.78 is 0. The predicted molar refractivity (Wildman–Crippen MR) is 62.0 cm³/mol. The first-order valence-electron chi connectivity index (χ1n) is 5.20. The van der Waals surface area contributed by atoms with Crippen molar-refractivity contribution in [3.05, 3.63) is 59.2 Å². The molecule has 1 aromatic heterocycles. The summed E-state index contributed by atoms with van der Waals surface area (Å²) >= 11 is 0. The molecule has 0 saturated heterocycles. The number of benzene rings is 1. The minimum atomic E-state index is -0.699. The number of aryl methyl sites for hydroxylation is 2. The van der Waals surface area contributed by atoms with Crippen LogP contribution in [0.5, 0.6) is 0 Å². The zero-order chi connectivity index (χ0) is 11.5. The highest BCUT2D eigenvalue weighted by Crippen LogP contribution is 2.25. The Morgan fingerprint density at radius 3 is 2.38 bits per heavy atom. The Morgan fingerprint density at radius 2 is 1.81 bits per heavy atom. The van der Waals surface area contributed by atoms with E-state index >= 15 is 0 Å². The van der Waals surface area contributed by atoms with E-state index in [9.17, 15) is 5.11 Å². The van der Waals surface area contributed by atoms with Gasteiger partial charge in [-0.2, -0.15) is 0 Å². The van der Waals surface area contributed by atoms with Gasteiger partial charge < -0.3 is 5.11 Å². The number of nitrogens with zero attached hydrogens (tertiary/aromatic N) is 2. The van der Waals surface area contributed by atoms with Crippen molar-refractivity contribution in [1.29, 1.82) is 0 Å². The molecule has 2 rings (SSSR count). The summed E-state index contributed by atoms with van der Waals surface area (Å²) in [6.45, 7) is 3.98. The van der Waals surface area contributed by atoms with Crippen molar-refractivity contribution < 1.29 is 5.11 Å². The number of aliphatic hydroxyl groups is 1. The number of hydrogen-bond acceptors (Lipinski definition) is 3. The van der Waals surface area contributed by atoms with E-state index < -0.39 is 6.10 Å². The molecule has 3 nitrogen and oxygen atoms in total. The van der Waals surface area contributed by atoms with Gasteiger partial charge in [0.05, 0.1) is 11.9 Å². The molecule has 0 saturated carbocycles. The lowest BCUT2D eigenvalue weighted by molar-refractivity contribution is 0.213. The molecule has 1 atom stereocenters. The molecule has 0 aliphatic carbocycles. The zero-order valence-electron chi connectivity index (χ0n) is 9.38. The SMILES string of the molecule is Cc1cccc(C)c1C(O)c1cnccn1.